The van der Waals surface area contributed by atoms with Crippen molar-refractivity contribution in [2.75, 3.05) is 18.9 Å². The summed E-state index contributed by atoms with van der Waals surface area (Å²) in [6.45, 7) is 10.0. The van der Waals surface area contributed by atoms with Gasteiger partial charge in [0.15, 0.2) is 0 Å². The molecule has 1 atom stereocenters. The molecule has 0 aromatic carbocycles. The molecular formula is C15H27N3O. The van der Waals surface area contributed by atoms with E-state index in [9.17, 15) is 0 Å². The van der Waals surface area contributed by atoms with E-state index in [0.29, 0.717) is 12.4 Å². The van der Waals surface area contributed by atoms with Crippen molar-refractivity contribution in [3.05, 3.63) is 23.9 Å². The first-order chi connectivity index (χ1) is 9.15. The molecule has 4 nitrogen and oxygen atoms in total. The molecule has 0 radical (unpaired) electrons. The van der Waals surface area contributed by atoms with Gasteiger partial charge in [-0.15, -0.1) is 0 Å². The van der Waals surface area contributed by atoms with Gasteiger partial charge in [0.2, 0.25) is 0 Å². The van der Waals surface area contributed by atoms with Gasteiger partial charge in [0.25, 0.3) is 0 Å². The van der Waals surface area contributed by atoms with Crippen molar-refractivity contribution in [1.29, 1.82) is 0 Å². The first kappa shape index (κ1) is 15.9. The zero-order chi connectivity index (χ0) is 14.3. The lowest BCUT2D eigenvalue weighted by molar-refractivity contribution is -0.0729. The standard InChI is InChI=1S/C15H27N3O/c1-5-15(6-2,19-8-4)13(17-7-3)12-10-9-11-18-14(12)16/h9-11,13,17H,5-8H2,1-4H3,(H2,16,18). The van der Waals surface area contributed by atoms with Crippen molar-refractivity contribution in [1.82, 2.24) is 10.3 Å². The Hall–Kier alpha value is -1.13. The molecule has 19 heavy (non-hydrogen) atoms. The molecule has 0 spiro atoms. The number of hydrogen-bond acceptors (Lipinski definition) is 4. The Morgan fingerprint density at radius 1 is 1.32 bits per heavy atom. The second-order valence-electron chi connectivity index (χ2n) is 4.67. The van der Waals surface area contributed by atoms with E-state index in [-0.39, 0.29) is 11.6 Å². The summed E-state index contributed by atoms with van der Waals surface area (Å²) in [5.41, 5.74) is 6.84. The highest BCUT2D eigenvalue weighted by Crippen LogP contribution is 2.37. The Morgan fingerprint density at radius 2 is 2.00 bits per heavy atom. The molecule has 3 N–H and O–H groups in total. The van der Waals surface area contributed by atoms with E-state index in [0.717, 1.165) is 24.9 Å². The SMILES string of the molecule is CCNC(c1cccnc1N)C(CC)(CC)OCC. The van der Waals surface area contributed by atoms with E-state index in [1.54, 1.807) is 6.20 Å². The summed E-state index contributed by atoms with van der Waals surface area (Å²) < 4.78 is 6.11. The first-order valence-corrected chi connectivity index (χ1v) is 7.22. The quantitative estimate of drug-likeness (QED) is 0.758. The molecule has 108 valence electrons. The molecule has 1 unspecified atom stereocenters. The van der Waals surface area contributed by atoms with Crippen LogP contribution in [-0.4, -0.2) is 23.7 Å². The Morgan fingerprint density at radius 3 is 2.47 bits per heavy atom. The number of ether oxygens (including phenoxy) is 1. The summed E-state index contributed by atoms with van der Waals surface area (Å²) >= 11 is 0. The van der Waals surface area contributed by atoms with E-state index >= 15 is 0 Å². The van der Waals surface area contributed by atoms with E-state index < -0.39 is 0 Å². The molecule has 1 aromatic heterocycles. The fourth-order valence-corrected chi connectivity index (χ4v) is 2.69. The van der Waals surface area contributed by atoms with Gasteiger partial charge in [-0.25, -0.2) is 4.98 Å². The van der Waals surface area contributed by atoms with Gasteiger partial charge in [0, 0.05) is 18.4 Å². The monoisotopic (exact) mass is 265 g/mol. The van der Waals surface area contributed by atoms with Gasteiger partial charge >= 0.3 is 0 Å². The minimum Gasteiger partial charge on any atom is -0.383 e. The van der Waals surface area contributed by atoms with E-state index in [2.05, 4.69) is 31.1 Å². The van der Waals surface area contributed by atoms with Gasteiger partial charge in [-0.1, -0.05) is 26.8 Å². The lowest BCUT2D eigenvalue weighted by Gasteiger charge is -2.40. The number of pyridine rings is 1. The number of anilines is 1. The van der Waals surface area contributed by atoms with Crippen molar-refractivity contribution in [3.63, 3.8) is 0 Å². The smallest absolute Gasteiger partial charge is 0.128 e. The van der Waals surface area contributed by atoms with Crippen molar-refractivity contribution in [2.45, 2.75) is 52.2 Å². The Kier molecular flexibility index (Phi) is 6.25. The topological polar surface area (TPSA) is 60.2 Å². The second-order valence-corrected chi connectivity index (χ2v) is 4.67. The van der Waals surface area contributed by atoms with Crippen LogP contribution in [0, 0.1) is 0 Å². The second kappa shape index (κ2) is 7.46. The molecule has 0 bridgehead atoms. The summed E-state index contributed by atoms with van der Waals surface area (Å²) in [5, 5.41) is 3.52. The van der Waals surface area contributed by atoms with Gasteiger partial charge in [-0.3, -0.25) is 0 Å². The highest BCUT2D eigenvalue weighted by Gasteiger charge is 2.38. The van der Waals surface area contributed by atoms with Crippen LogP contribution in [0.3, 0.4) is 0 Å². The molecule has 1 heterocycles. The van der Waals surface area contributed by atoms with Crippen LogP contribution in [0.25, 0.3) is 0 Å². The van der Waals surface area contributed by atoms with Gasteiger partial charge in [0.05, 0.1) is 11.6 Å². The molecule has 1 rings (SSSR count). The average Bonchev–Trinajstić information content (AvgIpc) is 2.44. The number of hydrogen-bond donors (Lipinski definition) is 2. The third-order valence-electron chi connectivity index (χ3n) is 3.75. The molecule has 0 saturated heterocycles. The third-order valence-corrected chi connectivity index (χ3v) is 3.75. The number of aromatic nitrogens is 1. The summed E-state index contributed by atoms with van der Waals surface area (Å²) in [6, 6.07) is 4.04. The fourth-order valence-electron chi connectivity index (χ4n) is 2.69. The van der Waals surface area contributed by atoms with Crippen molar-refractivity contribution in [2.24, 2.45) is 0 Å². The van der Waals surface area contributed by atoms with Crippen LogP contribution in [0.2, 0.25) is 0 Å². The number of nitrogens with one attached hydrogen (secondary N) is 1. The van der Waals surface area contributed by atoms with Crippen LogP contribution in [0.15, 0.2) is 18.3 Å². The van der Waals surface area contributed by atoms with E-state index in [1.807, 2.05) is 19.1 Å². The number of rotatable bonds is 8. The Balaban J connectivity index is 3.20. The third kappa shape index (κ3) is 3.45. The molecule has 1 aromatic rings. The maximum Gasteiger partial charge on any atom is 0.128 e. The van der Waals surface area contributed by atoms with Gasteiger partial charge in [-0.05, 0) is 32.4 Å². The zero-order valence-electron chi connectivity index (χ0n) is 12.6. The van der Waals surface area contributed by atoms with Crippen molar-refractivity contribution in [3.8, 4) is 0 Å². The molecule has 0 aliphatic carbocycles. The number of likely N-dealkylation sites (N-methyl/N-ethyl adjacent to an activating group) is 1. The van der Waals surface area contributed by atoms with Gasteiger partial charge in [0.1, 0.15) is 5.82 Å². The Bertz CT molecular complexity index is 377. The maximum absolute atomic E-state index is 6.11. The molecule has 0 amide bonds. The van der Waals surface area contributed by atoms with Crippen molar-refractivity contribution < 1.29 is 4.74 Å². The maximum atomic E-state index is 6.11. The summed E-state index contributed by atoms with van der Waals surface area (Å²) in [4.78, 5) is 4.21. The Labute approximate surface area is 116 Å². The van der Waals surface area contributed by atoms with Crippen LogP contribution in [-0.2, 0) is 4.74 Å². The number of nitrogens with zero attached hydrogens (tertiary/aromatic N) is 1. The zero-order valence-corrected chi connectivity index (χ0v) is 12.6. The molecule has 0 fully saturated rings. The number of nitrogens with two attached hydrogens (primary N) is 1. The minimum atomic E-state index is -0.234. The molecule has 4 heteroatoms. The van der Waals surface area contributed by atoms with Crippen molar-refractivity contribution >= 4 is 5.82 Å². The fraction of sp³-hybridized carbons (Fsp3) is 0.667. The van der Waals surface area contributed by atoms with Gasteiger partial charge in [-0.2, -0.15) is 0 Å². The van der Waals surface area contributed by atoms with E-state index in [1.165, 1.54) is 0 Å². The van der Waals surface area contributed by atoms with Crippen LogP contribution in [0.5, 0.6) is 0 Å². The highest BCUT2D eigenvalue weighted by atomic mass is 16.5. The summed E-state index contributed by atoms with van der Waals surface area (Å²) in [7, 11) is 0. The largest absolute Gasteiger partial charge is 0.383 e. The molecular weight excluding hydrogens is 238 g/mol. The highest BCUT2D eigenvalue weighted by molar-refractivity contribution is 5.42. The number of nitrogen functional groups attached to an aromatic ring is 1. The molecule has 0 aliphatic heterocycles. The molecule has 0 saturated carbocycles. The van der Waals surface area contributed by atoms with Crippen LogP contribution in [0.1, 0.15) is 52.1 Å². The minimum absolute atomic E-state index is 0.0705. The predicted octanol–water partition coefficient (Wildman–Crippen LogP) is 2.91. The van der Waals surface area contributed by atoms with Crippen LogP contribution < -0.4 is 11.1 Å². The summed E-state index contributed by atoms with van der Waals surface area (Å²) in [6.07, 6.45) is 3.59. The first-order valence-electron chi connectivity index (χ1n) is 7.22. The normalized spacial score (nSPS) is 13.5. The molecule has 0 aliphatic rings. The van der Waals surface area contributed by atoms with E-state index in [4.69, 9.17) is 10.5 Å². The summed E-state index contributed by atoms with van der Waals surface area (Å²) in [5.74, 6) is 0.583. The lowest BCUT2D eigenvalue weighted by atomic mass is 9.83. The average molecular weight is 265 g/mol. The lowest BCUT2D eigenvalue weighted by Crippen LogP contribution is -2.46. The van der Waals surface area contributed by atoms with Crippen LogP contribution >= 0.6 is 0 Å². The predicted molar refractivity (Wildman–Crippen MR) is 80.0 cm³/mol. The van der Waals surface area contributed by atoms with Gasteiger partial charge < -0.3 is 15.8 Å². The van der Waals surface area contributed by atoms with Crippen LogP contribution in [0.4, 0.5) is 5.82 Å².